The molecular formula is C13H11N3O3S. The van der Waals surface area contributed by atoms with E-state index in [0.29, 0.717) is 0 Å². The van der Waals surface area contributed by atoms with Crippen LogP contribution in [-0.2, 0) is 16.1 Å². The van der Waals surface area contributed by atoms with E-state index in [2.05, 4.69) is 10.1 Å². The van der Waals surface area contributed by atoms with E-state index in [0.717, 1.165) is 15.2 Å². The fourth-order valence-electron chi connectivity index (χ4n) is 1.99. The number of hydrogen-bond acceptors (Lipinski definition) is 5. The molecule has 0 unspecified atom stereocenters. The first-order valence-electron chi connectivity index (χ1n) is 6.09. The number of carbonyl (C=O) groups excluding carboxylic acids is 1. The Morgan fingerprint density at radius 3 is 2.90 bits per heavy atom. The van der Waals surface area contributed by atoms with Crippen LogP contribution in [0.4, 0.5) is 0 Å². The summed E-state index contributed by atoms with van der Waals surface area (Å²) in [4.78, 5) is 27.1. The van der Waals surface area contributed by atoms with E-state index in [9.17, 15) is 9.59 Å². The number of carboxylic acid groups (broad SMARTS) is 1. The maximum atomic E-state index is 11.8. The van der Waals surface area contributed by atoms with E-state index in [-0.39, 0.29) is 31.0 Å². The molecule has 1 N–H and O–H groups in total. The summed E-state index contributed by atoms with van der Waals surface area (Å²) in [5.41, 5.74) is 0.894. The van der Waals surface area contributed by atoms with Gasteiger partial charge in [0.2, 0.25) is 5.91 Å². The molecule has 0 saturated heterocycles. The zero-order valence-corrected chi connectivity index (χ0v) is 11.3. The van der Waals surface area contributed by atoms with Crippen molar-refractivity contribution in [2.75, 3.05) is 0 Å². The second kappa shape index (κ2) is 5.01. The van der Waals surface area contributed by atoms with E-state index >= 15 is 0 Å². The molecule has 2 aromatic rings. The fourth-order valence-corrected chi connectivity index (χ4v) is 2.94. The molecule has 1 aromatic carbocycles. The molecule has 1 amide bonds. The minimum absolute atomic E-state index is 0.0192. The molecule has 0 aliphatic carbocycles. The summed E-state index contributed by atoms with van der Waals surface area (Å²) < 4.78 is 1.04. The Kier molecular flexibility index (Phi) is 3.19. The van der Waals surface area contributed by atoms with Gasteiger partial charge in [-0.2, -0.15) is 5.10 Å². The van der Waals surface area contributed by atoms with E-state index in [1.54, 1.807) is 0 Å². The average molecular weight is 289 g/mol. The van der Waals surface area contributed by atoms with Gasteiger partial charge in [-0.25, -0.2) is 14.8 Å². The molecule has 0 fully saturated rings. The van der Waals surface area contributed by atoms with E-state index in [1.165, 1.54) is 16.3 Å². The number of nitrogens with zero attached hydrogens (tertiary/aromatic N) is 3. The number of carbonyl (C=O) groups is 2. The number of benzene rings is 1. The lowest BCUT2D eigenvalue weighted by atomic mass is 10.2. The lowest BCUT2D eigenvalue weighted by Gasteiger charge is -2.20. The van der Waals surface area contributed by atoms with Crippen molar-refractivity contribution in [3.63, 3.8) is 0 Å². The summed E-state index contributed by atoms with van der Waals surface area (Å²) in [7, 11) is 0. The zero-order chi connectivity index (χ0) is 14.1. The molecule has 0 bridgehead atoms. The number of para-hydroxylation sites is 1. The number of rotatable bonds is 3. The summed E-state index contributed by atoms with van der Waals surface area (Å²) in [5, 5.41) is 14.8. The SMILES string of the molecule is O=C(O)C1=NN(Cc2nc3ccccc3s2)C(=O)CC1. The Labute approximate surface area is 118 Å². The van der Waals surface area contributed by atoms with Gasteiger partial charge >= 0.3 is 5.97 Å². The standard InChI is InChI=1S/C13H11N3O3S/c17-12-6-5-9(13(18)19)15-16(12)7-11-14-8-3-1-2-4-10(8)20-11/h1-4H,5-7H2,(H,18,19). The molecule has 1 aromatic heterocycles. The number of amides is 1. The van der Waals surface area contributed by atoms with Crippen molar-refractivity contribution in [1.82, 2.24) is 9.99 Å². The van der Waals surface area contributed by atoms with Crippen LogP contribution in [0.2, 0.25) is 0 Å². The molecule has 1 aliphatic rings. The Balaban J connectivity index is 1.87. The molecule has 0 atom stereocenters. The third kappa shape index (κ3) is 2.39. The summed E-state index contributed by atoms with van der Waals surface area (Å²) in [6.45, 7) is 0.217. The lowest BCUT2D eigenvalue weighted by molar-refractivity contribution is -0.133. The van der Waals surface area contributed by atoms with Crippen molar-refractivity contribution < 1.29 is 14.7 Å². The molecular weight excluding hydrogens is 278 g/mol. The molecule has 0 radical (unpaired) electrons. The Morgan fingerprint density at radius 1 is 1.35 bits per heavy atom. The van der Waals surface area contributed by atoms with Gasteiger partial charge in [0.1, 0.15) is 10.7 Å². The maximum absolute atomic E-state index is 11.8. The van der Waals surface area contributed by atoms with Crippen LogP contribution in [0.5, 0.6) is 0 Å². The third-order valence-electron chi connectivity index (χ3n) is 2.98. The Morgan fingerprint density at radius 2 is 2.15 bits per heavy atom. The number of aromatic nitrogens is 1. The molecule has 6 nitrogen and oxygen atoms in total. The van der Waals surface area contributed by atoms with Gasteiger partial charge in [0.25, 0.3) is 0 Å². The van der Waals surface area contributed by atoms with Crippen molar-refractivity contribution in [3.05, 3.63) is 29.3 Å². The summed E-state index contributed by atoms with van der Waals surface area (Å²) in [6, 6.07) is 7.69. The van der Waals surface area contributed by atoms with Gasteiger partial charge in [-0.3, -0.25) is 4.79 Å². The highest BCUT2D eigenvalue weighted by molar-refractivity contribution is 7.18. The first kappa shape index (κ1) is 12.7. The Hall–Kier alpha value is -2.28. The van der Waals surface area contributed by atoms with Crippen molar-refractivity contribution in [2.45, 2.75) is 19.4 Å². The predicted molar refractivity (Wildman–Crippen MR) is 74.5 cm³/mol. The third-order valence-corrected chi connectivity index (χ3v) is 4.00. The van der Waals surface area contributed by atoms with Crippen LogP contribution in [0, 0.1) is 0 Å². The monoisotopic (exact) mass is 289 g/mol. The van der Waals surface area contributed by atoms with Gasteiger partial charge in [0.05, 0.1) is 16.8 Å². The average Bonchev–Trinajstić information content (AvgIpc) is 2.83. The highest BCUT2D eigenvalue weighted by Gasteiger charge is 2.24. The fraction of sp³-hybridized carbons (Fsp3) is 0.231. The molecule has 0 saturated carbocycles. The molecule has 2 heterocycles. The summed E-state index contributed by atoms with van der Waals surface area (Å²) in [6.07, 6.45) is 0.362. The molecule has 7 heteroatoms. The summed E-state index contributed by atoms with van der Waals surface area (Å²) in [5.74, 6) is -1.25. The minimum Gasteiger partial charge on any atom is -0.477 e. The van der Waals surface area contributed by atoms with E-state index < -0.39 is 5.97 Å². The smallest absolute Gasteiger partial charge is 0.352 e. The van der Waals surface area contributed by atoms with Crippen LogP contribution < -0.4 is 0 Å². The second-order valence-corrected chi connectivity index (χ2v) is 5.49. The minimum atomic E-state index is -1.08. The van der Waals surface area contributed by atoms with Gasteiger partial charge in [-0.05, 0) is 12.1 Å². The number of carboxylic acids is 1. The van der Waals surface area contributed by atoms with Crippen LogP contribution in [0.15, 0.2) is 29.4 Å². The number of thiazole rings is 1. The maximum Gasteiger partial charge on any atom is 0.352 e. The highest BCUT2D eigenvalue weighted by atomic mass is 32.1. The van der Waals surface area contributed by atoms with Crippen LogP contribution in [-0.4, -0.2) is 32.7 Å². The quantitative estimate of drug-likeness (QED) is 0.934. The molecule has 3 rings (SSSR count). The van der Waals surface area contributed by atoms with Gasteiger partial charge < -0.3 is 5.11 Å². The lowest BCUT2D eigenvalue weighted by Crippen LogP contribution is -2.33. The van der Waals surface area contributed by atoms with E-state index in [4.69, 9.17) is 5.11 Å². The topological polar surface area (TPSA) is 82.9 Å². The van der Waals surface area contributed by atoms with E-state index in [1.807, 2.05) is 24.3 Å². The van der Waals surface area contributed by atoms with Crippen molar-refractivity contribution >= 4 is 39.1 Å². The first-order valence-corrected chi connectivity index (χ1v) is 6.91. The molecule has 20 heavy (non-hydrogen) atoms. The number of aliphatic carboxylic acids is 1. The molecule has 102 valence electrons. The van der Waals surface area contributed by atoms with Crippen LogP contribution in [0.3, 0.4) is 0 Å². The molecule has 1 aliphatic heterocycles. The first-order chi connectivity index (χ1) is 9.63. The largest absolute Gasteiger partial charge is 0.477 e. The van der Waals surface area contributed by atoms with Gasteiger partial charge in [-0.15, -0.1) is 11.3 Å². The number of hydrogen-bond donors (Lipinski definition) is 1. The zero-order valence-electron chi connectivity index (χ0n) is 10.4. The van der Waals surface area contributed by atoms with Gasteiger partial charge in [0.15, 0.2) is 0 Å². The summed E-state index contributed by atoms with van der Waals surface area (Å²) >= 11 is 1.48. The second-order valence-electron chi connectivity index (χ2n) is 4.38. The van der Waals surface area contributed by atoms with Crippen LogP contribution >= 0.6 is 11.3 Å². The number of fused-ring (bicyclic) bond motifs is 1. The van der Waals surface area contributed by atoms with Crippen molar-refractivity contribution in [2.24, 2.45) is 5.10 Å². The van der Waals surface area contributed by atoms with Crippen molar-refractivity contribution in [3.8, 4) is 0 Å². The van der Waals surface area contributed by atoms with Crippen LogP contribution in [0.1, 0.15) is 17.8 Å². The van der Waals surface area contributed by atoms with Gasteiger partial charge in [0, 0.05) is 12.8 Å². The van der Waals surface area contributed by atoms with Gasteiger partial charge in [-0.1, -0.05) is 12.1 Å². The van der Waals surface area contributed by atoms with Crippen molar-refractivity contribution in [1.29, 1.82) is 0 Å². The normalized spacial score (nSPS) is 15.5. The predicted octanol–water partition coefficient (Wildman–Crippen LogP) is 1.86. The Bertz CT molecular complexity index is 689. The number of hydrazone groups is 1. The van der Waals surface area contributed by atoms with Crippen LogP contribution in [0.25, 0.3) is 10.2 Å². The highest BCUT2D eigenvalue weighted by Crippen LogP contribution is 2.23. The molecule has 0 spiro atoms.